The standard InChI is InChI=1S/C14H17N3O2/c15-9-13-12(2-1-5-16-13)10-17-6-3-11(4-7-17)8-14(18)19/h1-2,5,11H,3-4,6-8,10H2,(H,18,19). The molecule has 1 N–H and O–H groups in total. The molecule has 0 amide bonds. The highest BCUT2D eigenvalue weighted by Gasteiger charge is 2.21. The second-order valence-electron chi connectivity index (χ2n) is 4.94. The van der Waals surface area contributed by atoms with E-state index in [2.05, 4.69) is 16.0 Å². The molecule has 0 unspecified atom stereocenters. The molecule has 0 radical (unpaired) electrons. The first-order chi connectivity index (χ1) is 9.19. The molecule has 1 aromatic heterocycles. The number of carboxylic acid groups (broad SMARTS) is 1. The highest BCUT2D eigenvalue weighted by Crippen LogP contribution is 2.22. The zero-order valence-corrected chi connectivity index (χ0v) is 10.7. The van der Waals surface area contributed by atoms with E-state index in [-0.39, 0.29) is 12.3 Å². The minimum atomic E-state index is -0.711. The molecule has 19 heavy (non-hydrogen) atoms. The number of carboxylic acids is 1. The van der Waals surface area contributed by atoms with Gasteiger partial charge in [0.05, 0.1) is 0 Å². The Bertz CT molecular complexity index is 488. The summed E-state index contributed by atoms with van der Waals surface area (Å²) in [6.45, 7) is 2.49. The van der Waals surface area contributed by atoms with Gasteiger partial charge in [-0.25, -0.2) is 4.98 Å². The van der Waals surface area contributed by atoms with Crippen LogP contribution in [0, 0.1) is 17.2 Å². The van der Waals surface area contributed by atoms with Crippen molar-refractivity contribution in [3.8, 4) is 6.07 Å². The third kappa shape index (κ3) is 3.76. The molecule has 2 rings (SSSR count). The summed E-state index contributed by atoms with van der Waals surface area (Å²) in [7, 11) is 0. The third-order valence-electron chi connectivity index (χ3n) is 3.56. The summed E-state index contributed by atoms with van der Waals surface area (Å²) in [4.78, 5) is 17.0. The first-order valence-corrected chi connectivity index (χ1v) is 6.47. The Morgan fingerprint density at radius 2 is 2.26 bits per heavy atom. The topological polar surface area (TPSA) is 77.2 Å². The van der Waals surface area contributed by atoms with E-state index in [1.807, 2.05) is 12.1 Å². The lowest BCUT2D eigenvalue weighted by molar-refractivity contribution is -0.138. The van der Waals surface area contributed by atoms with Crippen molar-refractivity contribution in [3.05, 3.63) is 29.6 Å². The Morgan fingerprint density at radius 3 is 2.89 bits per heavy atom. The molecule has 0 saturated carbocycles. The Labute approximate surface area is 112 Å². The van der Waals surface area contributed by atoms with Crippen molar-refractivity contribution >= 4 is 5.97 Å². The first-order valence-electron chi connectivity index (χ1n) is 6.47. The van der Waals surface area contributed by atoms with Crippen molar-refractivity contribution in [1.29, 1.82) is 5.26 Å². The zero-order chi connectivity index (χ0) is 13.7. The molecule has 1 aliphatic heterocycles. The number of aromatic nitrogens is 1. The number of hydrogen-bond donors (Lipinski definition) is 1. The summed E-state index contributed by atoms with van der Waals surface area (Å²) >= 11 is 0. The quantitative estimate of drug-likeness (QED) is 0.889. The van der Waals surface area contributed by atoms with Crippen molar-refractivity contribution < 1.29 is 9.90 Å². The fraction of sp³-hybridized carbons (Fsp3) is 0.500. The molecule has 1 aliphatic rings. The van der Waals surface area contributed by atoms with Crippen molar-refractivity contribution in [2.45, 2.75) is 25.8 Å². The van der Waals surface area contributed by atoms with Gasteiger partial charge >= 0.3 is 5.97 Å². The van der Waals surface area contributed by atoms with Crippen LogP contribution in [-0.2, 0) is 11.3 Å². The van der Waals surface area contributed by atoms with Crippen LogP contribution >= 0.6 is 0 Å². The molecule has 100 valence electrons. The van der Waals surface area contributed by atoms with E-state index < -0.39 is 5.97 Å². The predicted octanol–water partition coefficient (Wildman–Crippen LogP) is 1.64. The van der Waals surface area contributed by atoms with Crippen LogP contribution < -0.4 is 0 Å². The molecular weight excluding hydrogens is 242 g/mol. The lowest BCUT2D eigenvalue weighted by Crippen LogP contribution is -2.34. The number of pyridine rings is 1. The maximum absolute atomic E-state index is 10.7. The number of carbonyl (C=O) groups is 1. The molecule has 1 saturated heterocycles. The van der Waals surface area contributed by atoms with Crippen molar-refractivity contribution in [2.75, 3.05) is 13.1 Å². The number of piperidine rings is 1. The van der Waals surface area contributed by atoms with Crippen LogP contribution in [-0.4, -0.2) is 34.0 Å². The number of nitrogens with zero attached hydrogens (tertiary/aromatic N) is 3. The number of rotatable bonds is 4. The van der Waals surface area contributed by atoms with Gasteiger partial charge in [0.1, 0.15) is 11.8 Å². The van der Waals surface area contributed by atoms with Crippen LogP contribution in [0.2, 0.25) is 0 Å². The van der Waals surface area contributed by atoms with E-state index in [0.717, 1.165) is 38.0 Å². The fourth-order valence-corrected chi connectivity index (χ4v) is 2.50. The predicted molar refractivity (Wildman–Crippen MR) is 69.2 cm³/mol. The second-order valence-corrected chi connectivity index (χ2v) is 4.94. The van der Waals surface area contributed by atoms with Crippen molar-refractivity contribution in [3.63, 3.8) is 0 Å². The fourth-order valence-electron chi connectivity index (χ4n) is 2.50. The third-order valence-corrected chi connectivity index (χ3v) is 3.56. The molecule has 0 spiro atoms. The van der Waals surface area contributed by atoms with Gasteiger partial charge in [0.2, 0.25) is 0 Å². The van der Waals surface area contributed by atoms with E-state index >= 15 is 0 Å². The SMILES string of the molecule is N#Cc1ncccc1CN1CCC(CC(=O)O)CC1. The van der Waals surface area contributed by atoms with E-state index in [1.54, 1.807) is 6.20 Å². The smallest absolute Gasteiger partial charge is 0.303 e. The van der Waals surface area contributed by atoms with Gasteiger partial charge in [-0.3, -0.25) is 9.69 Å². The van der Waals surface area contributed by atoms with Gasteiger partial charge < -0.3 is 5.11 Å². The van der Waals surface area contributed by atoms with Gasteiger partial charge in [-0.15, -0.1) is 0 Å². The molecule has 5 heteroatoms. The molecule has 0 bridgehead atoms. The lowest BCUT2D eigenvalue weighted by Gasteiger charge is -2.31. The van der Waals surface area contributed by atoms with Crippen LogP contribution in [0.15, 0.2) is 18.3 Å². The molecule has 0 aromatic carbocycles. The minimum absolute atomic E-state index is 0.268. The largest absolute Gasteiger partial charge is 0.481 e. The van der Waals surface area contributed by atoms with Gasteiger partial charge in [-0.05, 0) is 37.9 Å². The van der Waals surface area contributed by atoms with E-state index in [0.29, 0.717) is 5.69 Å². The minimum Gasteiger partial charge on any atom is -0.481 e. The van der Waals surface area contributed by atoms with Gasteiger partial charge in [0.25, 0.3) is 0 Å². The maximum atomic E-state index is 10.7. The number of likely N-dealkylation sites (tertiary alicyclic amines) is 1. The van der Waals surface area contributed by atoms with Gasteiger partial charge in [-0.1, -0.05) is 6.07 Å². The van der Waals surface area contributed by atoms with Gasteiger partial charge in [0.15, 0.2) is 0 Å². The summed E-state index contributed by atoms with van der Waals surface area (Å²) in [6.07, 6.45) is 3.72. The highest BCUT2D eigenvalue weighted by atomic mass is 16.4. The Morgan fingerprint density at radius 1 is 1.53 bits per heavy atom. The average molecular weight is 259 g/mol. The summed E-state index contributed by atoms with van der Waals surface area (Å²) in [5, 5.41) is 17.8. The van der Waals surface area contributed by atoms with Crippen molar-refractivity contribution in [1.82, 2.24) is 9.88 Å². The van der Waals surface area contributed by atoms with Crippen LogP contribution in [0.25, 0.3) is 0 Å². The molecule has 2 heterocycles. The lowest BCUT2D eigenvalue weighted by atomic mass is 9.93. The van der Waals surface area contributed by atoms with Gasteiger partial charge in [0, 0.05) is 24.7 Å². The Hall–Kier alpha value is -1.93. The van der Waals surface area contributed by atoms with Gasteiger partial charge in [-0.2, -0.15) is 5.26 Å². The van der Waals surface area contributed by atoms with Crippen LogP contribution in [0.4, 0.5) is 0 Å². The first kappa shape index (κ1) is 13.5. The van der Waals surface area contributed by atoms with Crippen molar-refractivity contribution in [2.24, 2.45) is 5.92 Å². The second kappa shape index (κ2) is 6.30. The molecule has 1 fully saturated rings. The number of aliphatic carboxylic acids is 1. The molecule has 1 aromatic rings. The van der Waals surface area contributed by atoms with E-state index in [9.17, 15) is 4.79 Å². The zero-order valence-electron chi connectivity index (χ0n) is 10.7. The summed E-state index contributed by atoms with van der Waals surface area (Å²) < 4.78 is 0. The maximum Gasteiger partial charge on any atom is 0.303 e. The number of hydrogen-bond acceptors (Lipinski definition) is 4. The number of nitriles is 1. The van der Waals surface area contributed by atoms with Crippen LogP contribution in [0.1, 0.15) is 30.5 Å². The average Bonchev–Trinajstić information content (AvgIpc) is 2.41. The highest BCUT2D eigenvalue weighted by molar-refractivity contribution is 5.67. The summed E-state index contributed by atoms with van der Waals surface area (Å²) in [5.41, 5.74) is 1.43. The van der Waals surface area contributed by atoms with E-state index in [4.69, 9.17) is 10.4 Å². The van der Waals surface area contributed by atoms with Crippen LogP contribution in [0.5, 0.6) is 0 Å². The summed E-state index contributed by atoms with van der Waals surface area (Å²) in [5.74, 6) is -0.421. The van der Waals surface area contributed by atoms with Crippen LogP contribution in [0.3, 0.4) is 0 Å². The molecule has 0 aliphatic carbocycles. The molecule has 0 atom stereocenters. The molecule has 5 nitrogen and oxygen atoms in total. The normalized spacial score (nSPS) is 17.0. The summed E-state index contributed by atoms with van der Waals surface area (Å²) in [6, 6.07) is 5.87. The van der Waals surface area contributed by atoms with E-state index in [1.165, 1.54) is 0 Å². The Balaban J connectivity index is 1.89. The monoisotopic (exact) mass is 259 g/mol. The molecular formula is C14H17N3O2. The Kier molecular flexibility index (Phi) is 4.48.